The van der Waals surface area contributed by atoms with Gasteiger partial charge in [-0.1, -0.05) is 117 Å². The van der Waals surface area contributed by atoms with Gasteiger partial charge in [-0.2, -0.15) is 0 Å². The minimum Gasteiger partial charge on any atom is -0.407 e. The van der Waals surface area contributed by atoms with Crippen molar-refractivity contribution >= 4 is 11.1 Å². The van der Waals surface area contributed by atoms with E-state index in [1.807, 2.05) is 71.3 Å². The van der Waals surface area contributed by atoms with Gasteiger partial charge in [-0.05, 0) is 54.1 Å². The van der Waals surface area contributed by atoms with E-state index in [-0.39, 0.29) is 11.8 Å². The van der Waals surface area contributed by atoms with E-state index in [1.54, 1.807) is 0 Å². The van der Waals surface area contributed by atoms with Crippen molar-refractivity contribution in [3.05, 3.63) is 142 Å². The monoisotopic (exact) mass is 490 g/mol. The average Bonchev–Trinajstić information content (AvgIpc) is 3.27. The summed E-state index contributed by atoms with van der Waals surface area (Å²) < 4.78 is 7.95. The molecule has 0 amide bonds. The number of rotatable bonds is 9. The summed E-state index contributed by atoms with van der Waals surface area (Å²) in [6.45, 7) is 7.53. The number of fused-ring (bicyclic) bond motifs is 1. The van der Waals surface area contributed by atoms with E-state index in [0.717, 1.165) is 40.7 Å². The molecule has 0 saturated carbocycles. The second-order valence-corrected chi connectivity index (χ2v) is 10.2. The Hall–Kier alpha value is -3.89. The summed E-state index contributed by atoms with van der Waals surface area (Å²) in [5.41, 5.74) is 4.54. The molecule has 0 aliphatic heterocycles. The molecule has 0 spiro atoms. The number of aromatic nitrogens is 1. The van der Waals surface area contributed by atoms with E-state index in [0.29, 0.717) is 11.5 Å². The minimum absolute atomic E-state index is 0.253. The Kier molecular flexibility index (Phi) is 7.11. The summed E-state index contributed by atoms with van der Waals surface area (Å²) in [6, 6.07) is 37.1. The van der Waals surface area contributed by atoms with Gasteiger partial charge >= 0.3 is 5.76 Å². The summed E-state index contributed by atoms with van der Waals surface area (Å²) in [7, 11) is 0. The van der Waals surface area contributed by atoms with Gasteiger partial charge in [-0.15, -0.1) is 0 Å². The van der Waals surface area contributed by atoms with Gasteiger partial charge < -0.3 is 9.73 Å². The normalized spacial score (nSPS) is 12.8. The van der Waals surface area contributed by atoms with Crippen LogP contribution in [0.2, 0.25) is 0 Å². The molecular weight excluding hydrogens is 456 g/mol. The molecule has 1 N–H and O–H groups in total. The van der Waals surface area contributed by atoms with Gasteiger partial charge in [0.1, 0.15) is 5.54 Å². The van der Waals surface area contributed by atoms with Crippen molar-refractivity contribution in [1.82, 2.24) is 9.88 Å². The molecule has 0 bridgehead atoms. The molecular formula is C33H34N2O2. The maximum Gasteiger partial charge on any atom is 0.421 e. The average molecular weight is 491 g/mol. The van der Waals surface area contributed by atoms with Crippen LogP contribution in [0.4, 0.5) is 0 Å². The fourth-order valence-electron chi connectivity index (χ4n) is 5.34. The summed E-state index contributed by atoms with van der Waals surface area (Å²) in [6.07, 6.45) is 0.770. The van der Waals surface area contributed by atoms with Crippen LogP contribution < -0.4 is 11.1 Å². The quantitative estimate of drug-likeness (QED) is 0.237. The molecule has 0 saturated heterocycles. The number of para-hydroxylation sites is 1. The first kappa shape index (κ1) is 24.8. The molecule has 37 heavy (non-hydrogen) atoms. The first-order valence-corrected chi connectivity index (χ1v) is 13.1. The van der Waals surface area contributed by atoms with Gasteiger partial charge in [0, 0.05) is 6.04 Å². The topological polar surface area (TPSA) is 47.2 Å². The number of nitrogens with zero attached hydrogens (tertiary/aromatic N) is 1. The Balaban J connectivity index is 1.79. The summed E-state index contributed by atoms with van der Waals surface area (Å²) in [5, 5.41) is 3.60. The fourth-order valence-corrected chi connectivity index (χ4v) is 5.34. The summed E-state index contributed by atoms with van der Waals surface area (Å²) in [4.78, 5) is 13.9. The van der Waals surface area contributed by atoms with Crippen molar-refractivity contribution < 1.29 is 4.42 Å². The third-order valence-electron chi connectivity index (χ3n) is 7.00. The lowest BCUT2D eigenvalue weighted by molar-refractivity contribution is 0.439. The highest BCUT2D eigenvalue weighted by Crippen LogP contribution is 2.42. The molecule has 0 aliphatic rings. The molecule has 1 aromatic heterocycles. The van der Waals surface area contributed by atoms with Crippen LogP contribution in [0.25, 0.3) is 11.1 Å². The van der Waals surface area contributed by atoms with E-state index in [2.05, 4.69) is 68.6 Å². The largest absolute Gasteiger partial charge is 0.421 e. The summed E-state index contributed by atoms with van der Waals surface area (Å²) >= 11 is 0. The maximum absolute atomic E-state index is 13.9. The van der Waals surface area contributed by atoms with Crippen molar-refractivity contribution in [2.75, 3.05) is 6.54 Å². The third kappa shape index (κ3) is 4.65. The molecule has 0 aliphatic carbocycles. The van der Waals surface area contributed by atoms with Gasteiger partial charge in [-0.3, -0.25) is 4.57 Å². The highest BCUT2D eigenvalue weighted by Gasteiger charge is 2.41. The van der Waals surface area contributed by atoms with Crippen LogP contribution in [0, 0.1) is 5.92 Å². The molecule has 4 heteroatoms. The minimum atomic E-state index is -0.910. The molecule has 5 aromatic rings. The SMILES string of the molecule is CC(C)CN[C@H](C)Cc1cccc2c1oc(=O)n2C(c1ccccc1)(c1ccccc1)c1ccccc1. The molecule has 0 fully saturated rings. The second-order valence-electron chi connectivity index (χ2n) is 10.2. The van der Waals surface area contributed by atoms with Gasteiger partial charge in [0.25, 0.3) is 0 Å². The molecule has 188 valence electrons. The van der Waals surface area contributed by atoms with Crippen molar-refractivity contribution in [3.63, 3.8) is 0 Å². The van der Waals surface area contributed by atoms with Gasteiger partial charge in [0.2, 0.25) is 0 Å². The van der Waals surface area contributed by atoms with E-state index in [1.165, 1.54) is 0 Å². The standard InChI is InChI=1S/C33H34N2O2/c1-24(2)23-34-25(3)22-26-14-13-21-30-31(26)37-32(36)35(30)33(27-15-7-4-8-16-27,28-17-9-5-10-18-28)29-19-11-6-12-20-29/h4-21,24-25,34H,22-23H2,1-3H3/t25-/m1/s1. The summed E-state index contributed by atoms with van der Waals surface area (Å²) in [5.74, 6) is 0.197. The Morgan fingerprint density at radius 1 is 0.730 bits per heavy atom. The first-order valence-electron chi connectivity index (χ1n) is 13.1. The first-order chi connectivity index (χ1) is 18.0. The van der Waals surface area contributed by atoms with Gasteiger partial charge in [-0.25, -0.2) is 4.79 Å². The highest BCUT2D eigenvalue weighted by molar-refractivity contribution is 5.78. The van der Waals surface area contributed by atoms with Gasteiger partial charge in [0.15, 0.2) is 5.58 Å². The maximum atomic E-state index is 13.9. The van der Waals surface area contributed by atoms with Crippen LogP contribution in [0.5, 0.6) is 0 Å². The van der Waals surface area contributed by atoms with E-state index >= 15 is 0 Å². The molecule has 1 atom stereocenters. The molecule has 1 heterocycles. The zero-order chi connectivity index (χ0) is 25.8. The lowest BCUT2D eigenvalue weighted by atomic mass is 9.76. The molecule has 4 nitrogen and oxygen atoms in total. The number of benzene rings is 4. The predicted octanol–water partition coefficient (Wildman–Crippen LogP) is 6.61. The van der Waals surface area contributed by atoms with Crippen LogP contribution in [-0.2, 0) is 12.0 Å². The lowest BCUT2D eigenvalue weighted by Crippen LogP contribution is -2.42. The number of nitrogens with one attached hydrogen (secondary N) is 1. The molecule has 4 aromatic carbocycles. The molecule has 5 rings (SSSR count). The molecule has 0 radical (unpaired) electrons. The Labute approximate surface area is 218 Å². The van der Waals surface area contributed by atoms with Crippen LogP contribution in [0.3, 0.4) is 0 Å². The number of hydrogen-bond acceptors (Lipinski definition) is 3. The fraction of sp³-hybridized carbons (Fsp3) is 0.242. The Morgan fingerprint density at radius 2 is 1.24 bits per heavy atom. The van der Waals surface area contributed by atoms with Crippen LogP contribution in [0.15, 0.2) is 118 Å². The van der Waals surface area contributed by atoms with Crippen molar-refractivity contribution in [2.45, 2.75) is 38.8 Å². The van der Waals surface area contributed by atoms with Gasteiger partial charge in [0.05, 0.1) is 5.52 Å². The zero-order valence-electron chi connectivity index (χ0n) is 21.7. The molecule has 0 unspecified atom stereocenters. The number of hydrogen-bond donors (Lipinski definition) is 1. The van der Waals surface area contributed by atoms with E-state index in [9.17, 15) is 4.79 Å². The lowest BCUT2D eigenvalue weighted by Gasteiger charge is -2.36. The van der Waals surface area contributed by atoms with Crippen LogP contribution >= 0.6 is 0 Å². The predicted molar refractivity (Wildman–Crippen MR) is 151 cm³/mol. The zero-order valence-corrected chi connectivity index (χ0v) is 21.7. The second kappa shape index (κ2) is 10.6. The van der Waals surface area contributed by atoms with Crippen molar-refractivity contribution in [3.8, 4) is 0 Å². The van der Waals surface area contributed by atoms with Crippen LogP contribution in [0.1, 0.15) is 43.0 Å². The van der Waals surface area contributed by atoms with Crippen LogP contribution in [-0.4, -0.2) is 17.2 Å². The van der Waals surface area contributed by atoms with E-state index < -0.39 is 5.54 Å². The van der Waals surface area contributed by atoms with Crippen molar-refractivity contribution in [1.29, 1.82) is 0 Å². The number of oxazole rings is 1. The highest BCUT2D eigenvalue weighted by atomic mass is 16.4. The smallest absolute Gasteiger partial charge is 0.407 e. The third-order valence-corrected chi connectivity index (χ3v) is 7.00. The van der Waals surface area contributed by atoms with Crippen molar-refractivity contribution in [2.24, 2.45) is 5.92 Å². The Bertz CT molecular complexity index is 1410. The Morgan fingerprint density at radius 3 is 1.73 bits per heavy atom. The van der Waals surface area contributed by atoms with E-state index in [4.69, 9.17) is 4.42 Å².